The Kier molecular flexibility index (Phi) is 4.65. The van der Waals surface area contributed by atoms with E-state index in [1.807, 2.05) is 6.92 Å². The molecule has 31 heavy (non-hydrogen) atoms. The van der Waals surface area contributed by atoms with E-state index in [0.29, 0.717) is 11.1 Å². The maximum Gasteiger partial charge on any atom is 0.459 e. The van der Waals surface area contributed by atoms with Crippen LogP contribution in [0.5, 0.6) is 11.9 Å². The molecule has 0 bridgehead atoms. The highest BCUT2D eigenvalue weighted by molar-refractivity contribution is 6.28. The van der Waals surface area contributed by atoms with Crippen molar-refractivity contribution in [1.29, 1.82) is 0 Å². The molecule has 2 aliphatic rings. The van der Waals surface area contributed by atoms with Crippen molar-refractivity contribution in [1.82, 2.24) is 4.98 Å². The van der Waals surface area contributed by atoms with Crippen molar-refractivity contribution in [2.24, 2.45) is 0 Å². The maximum absolute atomic E-state index is 12.8. The van der Waals surface area contributed by atoms with Crippen LogP contribution in [0.15, 0.2) is 41.8 Å². The predicted molar refractivity (Wildman–Crippen MR) is 119 cm³/mol. The summed E-state index contributed by atoms with van der Waals surface area (Å²) in [7, 11) is 0. The second kappa shape index (κ2) is 6.87. The third kappa shape index (κ3) is 3.56. The normalized spacial score (nSPS) is 20.9. The third-order valence-electron chi connectivity index (χ3n) is 6.64. The number of nitrogens with zero attached hydrogens (tertiary/aromatic N) is 1. The van der Waals surface area contributed by atoms with Crippen LogP contribution >= 0.6 is 0 Å². The van der Waals surface area contributed by atoms with E-state index in [0.717, 1.165) is 24.0 Å². The summed E-state index contributed by atoms with van der Waals surface area (Å²) in [5.74, 6) is -0.681. The van der Waals surface area contributed by atoms with Gasteiger partial charge >= 0.3 is 11.9 Å². The minimum Gasteiger partial charge on any atom is -0.507 e. The number of benzene rings is 1. The van der Waals surface area contributed by atoms with Crippen molar-refractivity contribution in [2.45, 2.75) is 58.3 Å². The molecule has 162 valence electrons. The number of ketones is 1. The molecular formula is C25H29N2O4+. The van der Waals surface area contributed by atoms with Crippen molar-refractivity contribution in [3.05, 3.63) is 64.1 Å². The number of carbonyl (C=O) groups is 1. The molecule has 6 nitrogen and oxygen atoms in total. The van der Waals surface area contributed by atoms with Gasteiger partial charge in [-0.15, -0.1) is 0 Å². The van der Waals surface area contributed by atoms with Gasteiger partial charge in [0.25, 0.3) is 0 Å². The monoisotopic (exact) mass is 421 g/mol. The Hall–Kier alpha value is -3.28. The zero-order valence-corrected chi connectivity index (χ0v) is 18.6. The molecule has 0 unspecified atom stereocenters. The summed E-state index contributed by atoms with van der Waals surface area (Å²) in [6.45, 7) is 11.0. The van der Waals surface area contributed by atoms with Crippen LogP contribution in [0, 0.1) is 6.92 Å². The average Bonchev–Trinajstić information content (AvgIpc) is 2.98. The number of fused-ring (bicyclic) bond motifs is 1. The van der Waals surface area contributed by atoms with Crippen LogP contribution in [0.1, 0.15) is 62.8 Å². The maximum atomic E-state index is 12.8. The third-order valence-corrected chi connectivity index (χ3v) is 6.64. The van der Waals surface area contributed by atoms with Gasteiger partial charge in [-0.05, 0) is 65.0 Å². The first kappa shape index (κ1) is 21.0. The summed E-state index contributed by atoms with van der Waals surface area (Å²) in [6.07, 6.45) is 7.73. The molecule has 0 fully saturated rings. The molecule has 1 aromatic carbocycles. The lowest BCUT2D eigenvalue weighted by Gasteiger charge is -2.42. The number of aliphatic hydroxyl groups is 1. The number of aromatic hydroxyl groups is 2. The molecule has 2 aromatic rings. The fourth-order valence-electron chi connectivity index (χ4n) is 4.56. The lowest BCUT2D eigenvalue weighted by Crippen LogP contribution is -2.34. The molecule has 0 aliphatic heterocycles. The first-order chi connectivity index (χ1) is 14.4. The van der Waals surface area contributed by atoms with E-state index in [9.17, 15) is 20.1 Å². The Balaban J connectivity index is 1.87. The highest BCUT2D eigenvalue weighted by Crippen LogP contribution is 2.47. The highest BCUT2D eigenvalue weighted by Gasteiger charge is 2.38. The molecular weight excluding hydrogens is 392 g/mol. The van der Waals surface area contributed by atoms with E-state index < -0.39 is 0 Å². The number of aromatic amines is 1. The first-order valence-electron chi connectivity index (χ1n) is 10.5. The zero-order chi connectivity index (χ0) is 22.7. The Bertz CT molecular complexity index is 1190. The van der Waals surface area contributed by atoms with Crippen molar-refractivity contribution >= 4 is 17.6 Å². The van der Waals surface area contributed by atoms with Gasteiger partial charge in [-0.25, -0.2) is 0 Å². The highest BCUT2D eigenvalue weighted by atomic mass is 16.3. The van der Waals surface area contributed by atoms with Gasteiger partial charge in [0.15, 0.2) is 12.0 Å². The van der Waals surface area contributed by atoms with Gasteiger partial charge < -0.3 is 15.3 Å². The smallest absolute Gasteiger partial charge is 0.459 e. The van der Waals surface area contributed by atoms with E-state index in [1.54, 1.807) is 6.08 Å². The average molecular weight is 422 g/mol. The summed E-state index contributed by atoms with van der Waals surface area (Å²) >= 11 is 0. The van der Waals surface area contributed by atoms with Crippen LogP contribution in [-0.2, 0) is 15.6 Å². The number of hydrogen-bond donors (Lipinski definition) is 4. The van der Waals surface area contributed by atoms with Crippen molar-refractivity contribution in [2.75, 3.05) is 0 Å². The van der Waals surface area contributed by atoms with Crippen LogP contribution in [0.4, 0.5) is 0 Å². The Morgan fingerprint density at radius 3 is 2.19 bits per heavy atom. The van der Waals surface area contributed by atoms with Crippen molar-refractivity contribution in [3.8, 4) is 11.9 Å². The van der Waals surface area contributed by atoms with Gasteiger partial charge in [-0.2, -0.15) is 9.55 Å². The number of aryl methyl sites for hydroxylation is 1. The second-order valence-corrected chi connectivity index (χ2v) is 9.89. The van der Waals surface area contributed by atoms with Crippen LogP contribution < -0.4 is 4.57 Å². The zero-order valence-electron chi connectivity index (χ0n) is 18.6. The van der Waals surface area contributed by atoms with Crippen LogP contribution in [0.25, 0.3) is 11.8 Å². The Morgan fingerprint density at radius 1 is 1.00 bits per heavy atom. The molecule has 0 atom stereocenters. The Morgan fingerprint density at radius 2 is 1.61 bits per heavy atom. The molecule has 0 spiro atoms. The van der Waals surface area contributed by atoms with Crippen LogP contribution in [-0.4, -0.2) is 26.1 Å². The number of carbonyl (C=O) groups excluding carboxylic acids is 1. The van der Waals surface area contributed by atoms with E-state index in [2.05, 4.69) is 44.8 Å². The minimum atomic E-state index is -0.293. The second-order valence-electron chi connectivity index (χ2n) is 9.89. The fraction of sp³-hybridized carbons (Fsp3) is 0.360. The molecule has 1 heterocycles. The predicted octanol–water partition coefficient (Wildman–Crippen LogP) is 4.32. The topological polar surface area (TPSA) is 97.4 Å². The molecule has 2 aliphatic carbocycles. The van der Waals surface area contributed by atoms with Crippen molar-refractivity contribution < 1.29 is 24.7 Å². The summed E-state index contributed by atoms with van der Waals surface area (Å²) < 4.78 is 1.24. The lowest BCUT2D eigenvalue weighted by atomic mass is 9.62. The van der Waals surface area contributed by atoms with E-state index in [-0.39, 0.29) is 34.3 Å². The number of H-pyrrole nitrogens is 1. The molecule has 0 radical (unpaired) electrons. The minimum absolute atomic E-state index is 0.00647. The number of aromatic nitrogens is 2. The number of nitrogens with one attached hydrogen (secondary N) is 1. The SMILES string of the molecule is Cc1cc2c(cc1C1=CC(=C[n+]3cc(O)[nH]c3O)C(O)=CC1=O)C(C)(C)CCC2(C)C. The van der Waals surface area contributed by atoms with E-state index >= 15 is 0 Å². The van der Waals surface area contributed by atoms with Gasteiger partial charge in [0.05, 0.1) is 5.57 Å². The first-order valence-corrected chi connectivity index (χ1v) is 10.5. The molecule has 4 N–H and O–H groups in total. The summed E-state index contributed by atoms with van der Waals surface area (Å²) in [6, 6.07) is 4.04. The molecule has 0 saturated heterocycles. The van der Waals surface area contributed by atoms with E-state index in [4.69, 9.17) is 0 Å². The van der Waals surface area contributed by atoms with Gasteiger partial charge in [0, 0.05) is 11.6 Å². The van der Waals surface area contributed by atoms with E-state index in [1.165, 1.54) is 34.2 Å². The van der Waals surface area contributed by atoms with Crippen LogP contribution in [0.3, 0.4) is 0 Å². The largest absolute Gasteiger partial charge is 0.507 e. The standard InChI is InChI=1S/C25H28N2O4/c1-14-8-18-19(25(4,5)7-6-24(18,2)3)10-16(14)17-9-15(20(28)11-21(17)29)12-27-13-22(30)26-23(27)31/h8-13H,6-7H2,1-5H3,(H3,26,28,29,30,31)/p+1. The Labute approximate surface area is 181 Å². The number of aliphatic hydroxyl groups excluding tert-OH is 1. The molecule has 6 heteroatoms. The summed E-state index contributed by atoms with van der Waals surface area (Å²) in [4.78, 5) is 15.2. The van der Waals surface area contributed by atoms with Gasteiger partial charge in [0.1, 0.15) is 12.0 Å². The van der Waals surface area contributed by atoms with Gasteiger partial charge in [0.2, 0.25) is 0 Å². The number of imidazole rings is 1. The fourth-order valence-corrected chi connectivity index (χ4v) is 4.56. The molecule has 1 aromatic heterocycles. The number of allylic oxidation sites excluding steroid dienone is 3. The summed E-state index contributed by atoms with van der Waals surface area (Å²) in [5.41, 5.74) is 5.35. The lowest BCUT2D eigenvalue weighted by molar-refractivity contribution is -0.576. The number of rotatable bonds is 2. The molecule has 0 saturated carbocycles. The molecule has 0 amide bonds. The molecule has 4 rings (SSSR count). The quantitative estimate of drug-likeness (QED) is 0.543. The van der Waals surface area contributed by atoms with Gasteiger partial charge in [-0.3, -0.25) is 4.79 Å². The number of hydrogen-bond acceptors (Lipinski definition) is 4. The van der Waals surface area contributed by atoms with Crippen LogP contribution in [0.2, 0.25) is 0 Å². The van der Waals surface area contributed by atoms with Gasteiger partial charge in [-0.1, -0.05) is 33.8 Å². The van der Waals surface area contributed by atoms with Crippen molar-refractivity contribution in [3.63, 3.8) is 0 Å². The summed E-state index contributed by atoms with van der Waals surface area (Å²) in [5, 5.41) is 29.7.